The Labute approximate surface area is 127 Å². The summed E-state index contributed by atoms with van der Waals surface area (Å²) in [4.78, 5) is 0. The molecule has 2 aromatic carbocycles. The quantitative estimate of drug-likeness (QED) is 0.793. The normalized spacial score (nSPS) is 12.5. The Hall–Kier alpha value is -0.940. The molecule has 3 heteroatoms. The Balaban J connectivity index is 2.52. The van der Waals surface area contributed by atoms with Crippen LogP contribution in [0.5, 0.6) is 0 Å². The van der Waals surface area contributed by atoms with Gasteiger partial charge in [0, 0.05) is 3.57 Å². The van der Waals surface area contributed by atoms with Crippen LogP contribution in [0, 0.1) is 23.2 Å². The predicted molar refractivity (Wildman–Crippen MR) is 85.9 cm³/mol. The summed E-state index contributed by atoms with van der Waals surface area (Å²) in [7, 11) is 1.94. The van der Waals surface area contributed by atoms with E-state index < -0.39 is 0 Å². The standard InChI is InChI=1S/C16H17FIN/c1-10-4-5-11(2)14(8-10)16(19-3)13-7-6-12(17)9-15(13)18/h4-9,16,19H,1-3H3. The van der Waals surface area contributed by atoms with Gasteiger partial charge in [0.25, 0.3) is 0 Å². The molecule has 0 aliphatic heterocycles. The molecular formula is C16H17FIN. The molecule has 0 aliphatic rings. The maximum absolute atomic E-state index is 13.2. The highest BCUT2D eigenvalue weighted by molar-refractivity contribution is 14.1. The smallest absolute Gasteiger partial charge is 0.124 e. The van der Waals surface area contributed by atoms with Gasteiger partial charge in [0.15, 0.2) is 0 Å². The van der Waals surface area contributed by atoms with E-state index in [0.717, 1.165) is 9.13 Å². The van der Waals surface area contributed by atoms with Crippen molar-refractivity contribution in [1.82, 2.24) is 5.32 Å². The molecule has 2 rings (SSSR count). The number of benzene rings is 2. The summed E-state index contributed by atoms with van der Waals surface area (Å²) in [5.41, 5.74) is 4.83. The molecule has 2 aromatic rings. The largest absolute Gasteiger partial charge is 0.309 e. The van der Waals surface area contributed by atoms with Crippen LogP contribution in [0.15, 0.2) is 36.4 Å². The van der Waals surface area contributed by atoms with E-state index in [1.165, 1.54) is 22.8 Å². The number of nitrogens with one attached hydrogen (secondary N) is 1. The molecule has 0 radical (unpaired) electrons. The van der Waals surface area contributed by atoms with Crippen molar-refractivity contribution < 1.29 is 4.39 Å². The maximum atomic E-state index is 13.2. The van der Waals surface area contributed by atoms with Gasteiger partial charge in [-0.2, -0.15) is 0 Å². The van der Waals surface area contributed by atoms with Crippen LogP contribution in [0.1, 0.15) is 28.3 Å². The van der Waals surface area contributed by atoms with Gasteiger partial charge in [-0.25, -0.2) is 4.39 Å². The molecule has 0 saturated carbocycles. The first-order valence-electron chi connectivity index (χ1n) is 6.22. The van der Waals surface area contributed by atoms with E-state index in [9.17, 15) is 4.39 Å². The SMILES string of the molecule is CNC(c1cc(C)ccc1C)c1ccc(F)cc1I. The minimum atomic E-state index is -0.191. The highest BCUT2D eigenvalue weighted by Gasteiger charge is 2.17. The van der Waals surface area contributed by atoms with Gasteiger partial charge in [0.05, 0.1) is 6.04 Å². The molecule has 100 valence electrons. The Morgan fingerprint density at radius 2 is 1.79 bits per heavy atom. The van der Waals surface area contributed by atoms with Gasteiger partial charge in [-0.05, 0) is 72.3 Å². The molecule has 19 heavy (non-hydrogen) atoms. The van der Waals surface area contributed by atoms with E-state index in [1.807, 2.05) is 13.1 Å². The van der Waals surface area contributed by atoms with Crippen molar-refractivity contribution in [2.75, 3.05) is 7.05 Å². The van der Waals surface area contributed by atoms with Crippen LogP contribution in [-0.4, -0.2) is 7.05 Å². The summed E-state index contributed by atoms with van der Waals surface area (Å²) in [6.45, 7) is 4.20. The van der Waals surface area contributed by atoms with Crippen LogP contribution >= 0.6 is 22.6 Å². The lowest BCUT2D eigenvalue weighted by atomic mass is 9.94. The third-order valence-corrected chi connectivity index (χ3v) is 4.24. The highest BCUT2D eigenvalue weighted by atomic mass is 127. The fraction of sp³-hybridized carbons (Fsp3) is 0.250. The number of aryl methyl sites for hydroxylation is 2. The Bertz CT molecular complexity index is 595. The summed E-state index contributed by atoms with van der Waals surface area (Å²) in [5.74, 6) is -0.191. The molecular weight excluding hydrogens is 352 g/mol. The molecule has 0 spiro atoms. The van der Waals surface area contributed by atoms with Gasteiger partial charge in [0.2, 0.25) is 0 Å². The van der Waals surface area contributed by atoms with Crippen LogP contribution in [0.25, 0.3) is 0 Å². The molecule has 1 unspecified atom stereocenters. The van der Waals surface area contributed by atoms with Gasteiger partial charge in [-0.15, -0.1) is 0 Å². The molecule has 0 heterocycles. The van der Waals surface area contributed by atoms with E-state index in [0.29, 0.717) is 0 Å². The van der Waals surface area contributed by atoms with Crippen LogP contribution in [0.2, 0.25) is 0 Å². The summed E-state index contributed by atoms with van der Waals surface area (Å²) in [6.07, 6.45) is 0. The summed E-state index contributed by atoms with van der Waals surface area (Å²) < 4.78 is 14.2. The second-order valence-electron chi connectivity index (χ2n) is 4.75. The summed E-state index contributed by atoms with van der Waals surface area (Å²) >= 11 is 2.19. The zero-order valence-electron chi connectivity index (χ0n) is 11.3. The van der Waals surface area contributed by atoms with Crippen molar-refractivity contribution in [2.45, 2.75) is 19.9 Å². The molecule has 1 N–H and O–H groups in total. The van der Waals surface area contributed by atoms with E-state index >= 15 is 0 Å². The lowest BCUT2D eigenvalue weighted by Gasteiger charge is -2.21. The van der Waals surface area contributed by atoms with E-state index in [4.69, 9.17) is 0 Å². The third-order valence-electron chi connectivity index (χ3n) is 3.31. The van der Waals surface area contributed by atoms with Crippen molar-refractivity contribution in [3.8, 4) is 0 Å². The molecule has 0 fully saturated rings. The number of rotatable bonds is 3. The molecule has 0 saturated heterocycles. The minimum absolute atomic E-state index is 0.0902. The second kappa shape index (κ2) is 6.01. The number of halogens is 2. The lowest BCUT2D eigenvalue weighted by Crippen LogP contribution is -2.20. The first kappa shape index (κ1) is 14.5. The predicted octanol–water partition coefficient (Wildman–Crippen LogP) is 4.36. The topological polar surface area (TPSA) is 12.0 Å². The fourth-order valence-electron chi connectivity index (χ4n) is 2.29. The monoisotopic (exact) mass is 369 g/mol. The second-order valence-corrected chi connectivity index (χ2v) is 5.91. The summed E-state index contributed by atoms with van der Waals surface area (Å²) in [6, 6.07) is 11.5. The first-order valence-corrected chi connectivity index (χ1v) is 7.30. The van der Waals surface area contributed by atoms with Crippen molar-refractivity contribution in [3.05, 3.63) is 68.0 Å². The third kappa shape index (κ3) is 3.15. The van der Waals surface area contributed by atoms with Crippen molar-refractivity contribution in [2.24, 2.45) is 0 Å². The van der Waals surface area contributed by atoms with Crippen LogP contribution in [-0.2, 0) is 0 Å². The van der Waals surface area contributed by atoms with Gasteiger partial charge in [-0.3, -0.25) is 0 Å². The molecule has 1 atom stereocenters. The Morgan fingerprint density at radius 3 is 2.42 bits per heavy atom. The van der Waals surface area contributed by atoms with E-state index in [-0.39, 0.29) is 11.9 Å². The fourth-order valence-corrected chi connectivity index (χ4v) is 3.07. The van der Waals surface area contributed by atoms with Gasteiger partial charge < -0.3 is 5.32 Å². The zero-order chi connectivity index (χ0) is 14.0. The Kier molecular flexibility index (Phi) is 4.58. The van der Waals surface area contributed by atoms with E-state index in [2.05, 4.69) is 60.0 Å². The van der Waals surface area contributed by atoms with Gasteiger partial charge >= 0.3 is 0 Å². The average molecular weight is 369 g/mol. The van der Waals surface area contributed by atoms with Crippen molar-refractivity contribution in [1.29, 1.82) is 0 Å². The van der Waals surface area contributed by atoms with Crippen LogP contribution in [0.3, 0.4) is 0 Å². The zero-order valence-corrected chi connectivity index (χ0v) is 13.5. The van der Waals surface area contributed by atoms with Crippen molar-refractivity contribution >= 4 is 22.6 Å². The number of hydrogen-bond donors (Lipinski definition) is 1. The van der Waals surface area contributed by atoms with Gasteiger partial charge in [-0.1, -0.05) is 29.8 Å². The minimum Gasteiger partial charge on any atom is -0.309 e. The molecule has 0 bridgehead atoms. The maximum Gasteiger partial charge on any atom is 0.124 e. The van der Waals surface area contributed by atoms with Crippen LogP contribution in [0.4, 0.5) is 4.39 Å². The van der Waals surface area contributed by atoms with Crippen LogP contribution < -0.4 is 5.32 Å². The van der Waals surface area contributed by atoms with Crippen molar-refractivity contribution in [3.63, 3.8) is 0 Å². The van der Waals surface area contributed by atoms with Gasteiger partial charge in [0.1, 0.15) is 5.82 Å². The highest BCUT2D eigenvalue weighted by Crippen LogP contribution is 2.29. The molecule has 0 amide bonds. The Morgan fingerprint density at radius 1 is 1.05 bits per heavy atom. The molecule has 0 aliphatic carbocycles. The lowest BCUT2D eigenvalue weighted by molar-refractivity contribution is 0.621. The molecule has 1 nitrogen and oxygen atoms in total. The van der Waals surface area contributed by atoms with E-state index in [1.54, 1.807) is 6.07 Å². The molecule has 0 aromatic heterocycles. The summed E-state index contributed by atoms with van der Waals surface area (Å²) in [5, 5.41) is 3.34. The first-order chi connectivity index (χ1) is 9.02. The number of hydrogen-bond acceptors (Lipinski definition) is 1. The average Bonchev–Trinajstić information content (AvgIpc) is 2.36.